The predicted molar refractivity (Wildman–Crippen MR) is 105 cm³/mol. The molecule has 0 unspecified atom stereocenters. The zero-order valence-corrected chi connectivity index (χ0v) is 16.7. The fourth-order valence-electron chi connectivity index (χ4n) is 2.72. The molecule has 0 spiro atoms. The molecule has 0 bridgehead atoms. The van der Waals surface area contributed by atoms with E-state index in [2.05, 4.69) is 10.1 Å². The Bertz CT molecular complexity index is 1280. The van der Waals surface area contributed by atoms with Gasteiger partial charge in [0, 0.05) is 11.8 Å². The van der Waals surface area contributed by atoms with Crippen LogP contribution in [0, 0.1) is 0 Å². The molecular weight excluding hydrogens is 428 g/mol. The molecule has 0 aliphatic carbocycles. The first-order valence-corrected chi connectivity index (χ1v) is 11.1. The van der Waals surface area contributed by atoms with Gasteiger partial charge in [-0.25, -0.2) is 26.9 Å². The average Bonchev–Trinajstić information content (AvgIpc) is 3.26. The highest BCUT2D eigenvalue weighted by atomic mass is 35.5. The van der Waals surface area contributed by atoms with Crippen LogP contribution in [0.5, 0.6) is 0 Å². The van der Waals surface area contributed by atoms with Gasteiger partial charge in [-0.1, -0.05) is 41.1 Å². The van der Waals surface area contributed by atoms with E-state index in [1.165, 1.54) is 34.2 Å². The Balaban J connectivity index is 1.89. The lowest BCUT2D eigenvalue weighted by Crippen LogP contribution is -2.00. The van der Waals surface area contributed by atoms with E-state index in [1.807, 2.05) is 6.07 Å². The van der Waals surface area contributed by atoms with Gasteiger partial charge >= 0.3 is 0 Å². The van der Waals surface area contributed by atoms with Gasteiger partial charge < -0.3 is 0 Å². The van der Waals surface area contributed by atoms with Crippen LogP contribution in [0.3, 0.4) is 0 Å². The Morgan fingerprint density at radius 3 is 2.46 bits per heavy atom. The Morgan fingerprint density at radius 2 is 1.86 bits per heavy atom. The zero-order valence-electron chi connectivity index (χ0n) is 14.3. The molecule has 0 radical (unpaired) electrons. The third-order valence-electron chi connectivity index (χ3n) is 4.07. The second kappa shape index (κ2) is 6.91. The molecule has 28 heavy (non-hydrogen) atoms. The van der Waals surface area contributed by atoms with Gasteiger partial charge in [0.1, 0.15) is 11.2 Å². The van der Waals surface area contributed by atoms with E-state index in [9.17, 15) is 17.2 Å². The van der Waals surface area contributed by atoms with Gasteiger partial charge in [0.25, 0.3) is 6.43 Å². The smallest absolute Gasteiger partial charge is 0.224 e. The molecule has 5 nitrogen and oxygen atoms in total. The van der Waals surface area contributed by atoms with Crippen molar-refractivity contribution in [2.75, 3.05) is 6.26 Å². The summed E-state index contributed by atoms with van der Waals surface area (Å²) in [7, 11) is -3.36. The summed E-state index contributed by atoms with van der Waals surface area (Å²) in [4.78, 5) is 4.59. The lowest BCUT2D eigenvalue weighted by Gasteiger charge is -2.05. The summed E-state index contributed by atoms with van der Waals surface area (Å²) >= 11 is 7.44. The quantitative estimate of drug-likeness (QED) is 0.441. The molecule has 4 aromatic rings. The van der Waals surface area contributed by atoms with E-state index < -0.39 is 22.0 Å². The van der Waals surface area contributed by atoms with Crippen molar-refractivity contribution in [1.29, 1.82) is 0 Å². The summed E-state index contributed by atoms with van der Waals surface area (Å²) in [6, 6.07) is 12.6. The van der Waals surface area contributed by atoms with Crippen LogP contribution >= 0.6 is 22.9 Å². The fraction of sp³-hybridized carbons (Fsp3) is 0.111. The first-order valence-electron chi connectivity index (χ1n) is 7.98. The van der Waals surface area contributed by atoms with Crippen molar-refractivity contribution < 1.29 is 17.2 Å². The van der Waals surface area contributed by atoms with Gasteiger partial charge in [-0.2, -0.15) is 5.10 Å². The number of alkyl halides is 2. The number of benzene rings is 2. The molecule has 0 N–H and O–H groups in total. The largest absolute Gasteiger partial charge is 0.282 e. The standard InChI is InChI=1S/C18H12ClF2N3O2S2/c1-28(25,26)11-7-5-10(6-8-11)14-9-13(17(20)21)23-24(14)18-22-16-12(19)3-2-4-15(16)27-18/h2-9,17H,1H3. The molecule has 2 heterocycles. The van der Waals surface area contributed by atoms with E-state index in [1.54, 1.807) is 24.3 Å². The first-order chi connectivity index (χ1) is 13.2. The number of hydrogen-bond donors (Lipinski definition) is 0. The number of sulfone groups is 1. The Hall–Kier alpha value is -2.36. The SMILES string of the molecule is CS(=O)(=O)c1ccc(-c2cc(C(F)F)nn2-c2nc3c(Cl)cccc3s2)cc1. The monoisotopic (exact) mass is 439 g/mol. The van der Waals surface area contributed by atoms with E-state index in [4.69, 9.17) is 11.6 Å². The van der Waals surface area contributed by atoms with E-state index in [-0.39, 0.29) is 4.90 Å². The Morgan fingerprint density at radius 1 is 1.14 bits per heavy atom. The van der Waals surface area contributed by atoms with E-state index >= 15 is 0 Å². The lowest BCUT2D eigenvalue weighted by molar-refractivity contribution is 0.145. The number of fused-ring (bicyclic) bond motifs is 1. The molecular formula is C18H12ClF2N3O2S2. The van der Waals surface area contributed by atoms with Crippen LogP contribution in [0.2, 0.25) is 5.02 Å². The molecule has 4 rings (SSSR count). The number of rotatable bonds is 4. The summed E-state index contributed by atoms with van der Waals surface area (Å²) < 4.78 is 52.0. The Kier molecular flexibility index (Phi) is 4.68. The van der Waals surface area contributed by atoms with Crippen LogP contribution in [0.1, 0.15) is 12.1 Å². The second-order valence-electron chi connectivity index (χ2n) is 6.05. The summed E-state index contributed by atoms with van der Waals surface area (Å²) in [6.45, 7) is 0. The molecule has 0 atom stereocenters. The number of thiazole rings is 1. The second-order valence-corrected chi connectivity index (χ2v) is 9.48. The fourth-order valence-corrected chi connectivity index (χ4v) is 4.59. The lowest BCUT2D eigenvalue weighted by atomic mass is 10.1. The average molecular weight is 440 g/mol. The third-order valence-corrected chi connectivity index (χ3v) is 6.50. The number of hydrogen-bond acceptors (Lipinski definition) is 5. The van der Waals surface area contributed by atoms with Gasteiger partial charge in [-0.05, 0) is 30.3 Å². The molecule has 0 amide bonds. The van der Waals surface area contributed by atoms with Crippen LogP contribution in [-0.4, -0.2) is 29.4 Å². The van der Waals surface area contributed by atoms with E-state index in [0.717, 1.165) is 11.0 Å². The number of halogens is 3. The highest BCUT2D eigenvalue weighted by Gasteiger charge is 2.20. The van der Waals surface area contributed by atoms with Gasteiger partial charge in [-0.3, -0.25) is 0 Å². The maximum atomic E-state index is 13.3. The maximum Gasteiger partial charge on any atom is 0.282 e. The van der Waals surface area contributed by atoms with Crippen molar-refractivity contribution in [2.24, 2.45) is 0 Å². The normalized spacial score (nSPS) is 12.2. The third kappa shape index (κ3) is 3.41. The van der Waals surface area contributed by atoms with Crippen molar-refractivity contribution in [2.45, 2.75) is 11.3 Å². The zero-order chi connectivity index (χ0) is 20.1. The number of nitrogens with zero attached hydrogens (tertiary/aromatic N) is 3. The van der Waals surface area contributed by atoms with Crippen LogP contribution in [-0.2, 0) is 9.84 Å². The van der Waals surface area contributed by atoms with Gasteiger partial charge in [-0.15, -0.1) is 0 Å². The topological polar surface area (TPSA) is 64.8 Å². The molecule has 0 aliphatic heterocycles. The summed E-state index contributed by atoms with van der Waals surface area (Å²) in [5.41, 5.74) is 1.09. The summed E-state index contributed by atoms with van der Waals surface area (Å²) in [5.74, 6) is 0. The van der Waals surface area contributed by atoms with Gasteiger partial charge in [0.05, 0.1) is 20.3 Å². The van der Waals surface area contributed by atoms with Crippen molar-refractivity contribution >= 4 is 43.0 Å². The maximum absolute atomic E-state index is 13.3. The predicted octanol–water partition coefficient (Wildman–Crippen LogP) is 5.14. The summed E-state index contributed by atoms with van der Waals surface area (Å²) in [6.07, 6.45) is -1.65. The molecule has 2 aromatic carbocycles. The Labute approximate surface area is 168 Å². The molecule has 2 aromatic heterocycles. The van der Waals surface area contributed by atoms with Crippen molar-refractivity contribution in [1.82, 2.24) is 14.8 Å². The van der Waals surface area contributed by atoms with Crippen molar-refractivity contribution in [3.8, 4) is 16.4 Å². The number of para-hydroxylation sites is 1. The number of aromatic nitrogens is 3. The molecule has 0 saturated carbocycles. The molecule has 0 fully saturated rings. The van der Waals surface area contributed by atoms with Crippen LogP contribution in [0.4, 0.5) is 8.78 Å². The highest BCUT2D eigenvalue weighted by Crippen LogP contribution is 2.34. The molecule has 0 saturated heterocycles. The van der Waals surface area contributed by atoms with Gasteiger partial charge in [0.2, 0.25) is 5.13 Å². The van der Waals surface area contributed by atoms with Crippen LogP contribution in [0.15, 0.2) is 53.4 Å². The minimum absolute atomic E-state index is 0.142. The van der Waals surface area contributed by atoms with Crippen molar-refractivity contribution in [3.05, 3.63) is 59.2 Å². The summed E-state index contributed by atoms with van der Waals surface area (Å²) in [5, 5.41) is 4.85. The molecule has 144 valence electrons. The van der Waals surface area contributed by atoms with Gasteiger partial charge in [0.15, 0.2) is 9.84 Å². The molecule has 10 heteroatoms. The first kappa shape index (κ1) is 19.0. The minimum Gasteiger partial charge on any atom is -0.224 e. The van der Waals surface area contributed by atoms with Crippen LogP contribution in [0.25, 0.3) is 26.6 Å². The minimum atomic E-state index is -3.36. The van der Waals surface area contributed by atoms with Crippen molar-refractivity contribution in [3.63, 3.8) is 0 Å². The highest BCUT2D eigenvalue weighted by molar-refractivity contribution is 7.90. The molecule has 0 aliphatic rings. The van der Waals surface area contributed by atoms with E-state index in [0.29, 0.717) is 26.9 Å². The van der Waals surface area contributed by atoms with Crippen LogP contribution < -0.4 is 0 Å².